The van der Waals surface area contributed by atoms with E-state index in [4.69, 9.17) is 4.74 Å². The van der Waals surface area contributed by atoms with Crippen LogP contribution < -0.4 is 0 Å². The molecule has 1 aromatic rings. The number of carbonyl (C=O) groups excluding carboxylic acids is 1. The molecule has 150 valence electrons. The summed E-state index contributed by atoms with van der Waals surface area (Å²) in [6, 6.07) is 5.15. The second-order valence-electron chi connectivity index (χ2n) is 7.80. The molecule has 1 aromatic carbocycles. The first-order valence-electron chi connectivity index (χ1n) is 8.72. The van der Waals surface area contributed by atoms with Crippen LogP contribution in [0.15, 0.2) is 36.4 Å². The number of ether oxygens (including phenoxy) is 1. The number of esters is 1. The summed E-state index contributed by atoms with van der Waals surface area (Å²) in [5.74, 6) is -0.485. The number of aliphatic hydroxyl groups is 2. The van der Waals surface area contributed by atoms with Crippen LogP contribution in [0.25, 0.3) is 0 Å². The van der Waals surface area contributed by atoms with Crippen molar-refractivity contribution in [3.8, 4) is 0 Å². The highest BCUT2D eigenvalue weighted by molar-refractivity contribution is 5.87. The topological polar surface area (TPSA) is 66.8 Å². The van der Waals surface area contributed by atoms with E-state index in [-0.39, 0.29) is 5.56 Å². The molecule has 1 saturated carbocycles. The first kappa shape index (κ1) is 21.4. The Morgan fingerprint density at radius 1 is 1.15 bits per heavy atom. The molecular weight excluding hydrogens is 361 g/mol. The van der Waals surface area contributed by atoms with E-state index in [0.717, 1.165) is 0 Å². The predicted octanol–water partition coefficient (Wildman–Crippen LogP) is 4.10. The van der Waals surface area contributed by atoms with Crippen LogP contribution in [0.5, 0.6) is 0 Å². The Hall–Kier alpha value is -1.86. The van der Waals surface area contributed by atoms with Crippen molar-refractivity contribution in [2.75, 3.05) is 0 Å². The minimum absolute atomic E-state index is 0.293. The van der Waals surface area contributed by atoms with Gasteiger partial charge < -0.3 is 14.9 Å². The zero-order chi connectivity index (χ0) is 20.7. The Kier molecular flexibility index (Phi) is 5.52. The van der Waals surface area contributed by atoms with Crippen molar-refractivity contribution >= 4 is 5.97 Å². The minimum Gasteiger partial charge on any atom is -0.456 e. The molecule has 1 atom stereocenters. The number of alkyl halides is 3. The van der Waals surface area contributed by atoms with E-state index in [0.29, 0.717) is 43.7 Å². The second kappa shape index (κ2) is 6.95. The van der Waals surface area contributed by atoms with Crippen LogP contribution in [0.2, 0.25) is 0 Å². The Labute approximate surface area is 156 Å². The smallest absolute Gasteiger partial charge is 0.421 e. The summed E-state index contributed by atoms with van der Waals surface area (Å²) in [6.45, 7) is 7.59. The SMILES string of the molecule is C=C(C)C(=O)OC1(C)CCC(O)(c2ccc(C(C)(O)C(F)(F)F)cc2)CC1. The fourth-order valence-electron chi connectivity index (χ4n) is 3.16. The van der Waals surface area contributed by atoms with Crippen LogP contribution in [-0.2, 0) is 20.7 Å². The van der Waals surface area contributed by atoms with Crippen LogP contribution in [0.3, 0.4) is 0 Å². The zero-order valence-corrected chi connectivity index (χ0v) is 15.7. The molecule has 0 aliphatic heterocycles. The molecule has 0 aromatic heterocycles. The highest BCUT2D eigenvalue weighted by atomic mass is 19.4. The maximum Gasteiger partial charge on any atom is 0.421 e. The van der Waals surface area contributed by atoms with Crippen molar-refractivity contribution in [2.24, 2.45) is 0 Å². The number of halogens is 3. The fraction of sp³-hybridized carbons (Fsp3) is 0.550. The number of benzene rings is 1. The molecule has 1 unspecified atom stereocenters. The Morgan fingerprint density at radius 3 is 2.04 bits per heavy atom. The average Bonchev–Trinajstić information content (AvgIpc) is 2.57. The third-order valence-corrected chi connectivity index (χ3v) is 5.36. The largest absolute Gasteiger partial charge is 0.456 e. The molecule has 0 bridgehead atoms. The van der Waals surface area contributed by atoms with Gasteiger partial charge in [-0.3, -0.25) is 0 Å². The highest BCUT2D eigenvalue weighted by Gasteiger charge is 2.51. The lowest BCUT2D eigenvalue weighted by Crippen LogP contribution is -2.42. The molecule has 2 N–H and O–H groups in total. The average molecular weight is 386 g/mol. The van der Waals surface area contributed by atoms with Gasteiger partial charge in [0.2, 0.25) is 0 Å². The molecule has 0 saturated heterocycles. The van der Waals surface area contributed by atoms with Gasteiger partial charge in [-0.15, -0.1) is 0 Å². The molecule has 0 heterocycles. The summed E-state index contributed by atoms with van der Waals surface area (Å²) in [7, 11) is 0. The molecule has 1 fully saturated rings. The van der Waals surface area contributed by atoms with Gasteiger partial charge >= 0.3 is 12.1 Å². The molecule has 4 nitrogen and oxygen atoms in total. The first-order valence-corrected chi connectivity index (χ1v) is 8.72. The zero-order valence-electron chi connectivity index (χ0n) is 15.7. The summed E-state index contributed by atoms with van der Waals surface area (Å²) in [5.41, 5.74) is -4.43. The van der Waals surface area contributed by atoms with Crippen LogP contribution >= 0.6 is 0 Å². The Bertz CT molecular complexity index is 712. The summed E-state index contributed by atoms with van der Waals surface area (Å²) in [6.07, 6.45) is -3.40. The van der Waals surface area contributed by atoms with Crippen molar-refractivity contribution < 1.29 is 32.9 Å². The Morgan fingerprint density at radius 2 is 1.63 bits per heavy atom. The molecule has 2 rings (SSSR count). The summed E-state index contributed by atoms with van der Waals surface area (Å²) in [4.78, 5) is 11.8. The van der Waals surface area contributed by atoms with Gasteiger partial charge in [0.05, 0.1) is 5.60 Å². The van der Waals surface area contributed by atoms with Crippen molar-refractivity contribution in [1.29, 1.82) is 0 Å². The highest BCUT2D eigenvalue weighted by Crippen LogP contribution is 2.44. The lowest BCUT2D eigenvalue weighted by atomic mass is 9.73. The van der Waals surface area contributed by atoms with E-state index >= 15 is 0 Å². The molecular formula is C20H25F3O4. The normalized spacial score (nSPS) is 28.3. The van der Waals surface area contributed by atoms with Gasteiger partial charge in [0, 0.05) is 5.57 Å². The van der Waals surface area contributed by atoms with Crippen LogP contribution in [0.4, 0.5) is 13.2 Å². The van der Waals surface area contributed by atoms with Crippen molar-refractivity contribution in [2.45, 2.75) is 69.4 Å². The van der Waals surface area contributed by atoms with E-state index in [1.165, 1.54) is 24.3 Å². The van der Waals surface area contributed by atoms with Crippen LogP contribution in [0.1, 0.15) is 57.6 Å². The van der Waals surface area contributed by atoms with Gasteiger partial charge in [-0.05, 0) is 57.6 Å². The van der Waals surface area contributed by atoms with Crippen LogP contribution in [-0.4, -0.2) is 28.0 Å². The second-order valence-corrected chi connectivity index (χ2v) is 7.80. The lowest BCUT2D eigenvalue weighted by Gasteiger charge is -2.42. The quantitative estimate of drug-likeness (QED) is 0.604. The Balaban J connectivity index is 2.14. The monoisotopic (exact) mass is 386 g/mol. The number of hydrogen-bond donors (Lipinski definition) is 2. The third kappa shape index (κ3) is 4.35. The van der Waals surface area contributed by atoms with E-state index in [1.54, 1.807) is 13.8 Å². The van der Waals surface area contributed by atoms with Gasteiger partial charge in [0.25, 0.3) is 0 Å². The standard InChI is InChI=1S/C20H25F3O4/c1-13(2)16(24)27-17(3)9-11-19(26,12-10-17)15-7-5-14(6-8-15)18(4,25)20(21,22)23/h5-8,25-26H,1,9-12H2,2-4H3. The predicted molar refractivity (Wildman–Crippen MR) is 93.7 cm³/mol. The van der Waals surface area contributed by atoms with Gasteiger partial charge in [-0.2, -0.15) is 13.2 Å². The maximum atomic E-state index is 12.9. The number of hydrogen-bond acceptors (Lipinski definition) is 4. The van der Waals surface area contributed by atoms with Gasteiger partial charge in [0.15, 0.2) is 5.60 Å². The van der Waals surface area contributed by atoms with Gasteiger partial charge in [-0.1, -0.05) is 30.8 Å². The van der Waals surface area contributed by atoms with E-state index in [9.17, 15) is 28.2 Å². The lowest BCUT2D eigenvalue weighted by molar-refractivity contribution is -0.258. The molecule has 27 heavy (non-hydrogen) atoms. The summed E-state index contributed by atoms with van der Waals surface area (Å²) in [5, 5.41) is 20.7. The van der Waals surface area contributed by atoms with Crippen molar-refractivity contribution in [3.05, 3.63) is 47.5 Å². The molecule has 1 aliphatic carbocycles. The molecule has 7 heteroatoms. The van der Waals surface area contributed by atoms with Gasteiger partial charge in [-0.25, -0.2) is 4.79 Å². The minimum atomic E-state index is -4.80. The number of carbonyl (C=O) groups is 1. The van der Waals surface area contributed by atoms with E-state index in [2.05, 4.69) is 6.58 Å². The van der Waals surface area contributed by atoms with Crippen molar-refractivity contribution in [1.82, 2.24) is 0 Å². The first-order chi connectivity index (χ1) is 12.2. The number of rotatable bonds is 4. The summed E-state index contributed by atoms with van der Waals surface area (Å²) >= 11 is 0. The molecule has 0 spiro atoms. The maximum absolute atomic E-state index is 12.9. The fourth-order valence-corrected chi connectivity index (χ4v) is 3.16. The van der Waals surface area contributed by atoms with E-state index in [1.807, 2.05) is 0 Å². The van der Waals surface area contributed by atoms with Gasteiger partial charge in [0.1, 0.15) is 5.60 Å². The summed E-state index contributed by atoms with van der Waals surface area (Å²) < 4.78 is 44.3. The van der Waals surface area contributed by atoms with E-state index < -0.39 is 28.9 Å². The third-order valence-electron chi connectivity index (χ3n) is 5.36. The van der Waals surface area contributed by atoms with Crippen LogP contribution in [0, 0.1) is 0 Å². The molecule has 0 radical (unpaired) electrons. The molecule has 0 amide bonds. The van der Waals surface area contributed by atoms with Crippen molar-refractivity contribution in [3.63, 3.8) is 0 Å². The molecule has 1 aliphatic rings.